The Morgan fingerprint density at radius 2 is 1.90 bits per heavy atom. The van der Waals surface area contributed by atoms with Crippen LogP contribution in [0.25, 0.3) is 0 Å². The molecule has 0 saturated heterocycles. The van der Waals surface area contributed by atoms with E-state index in [0.29, 0.717) is 18.3 Å². The first kappa shape index (κ1) is 12.9. The van der Waals surface area contributed by atoms with Gasteiger partial charge >= 0.3 is 5.97 Å². The van der Waals surface area contributed by atoms with E-state index in [1.165, 1.54) is 24.5 Å². The van der Waals surface area contributed by atoms with Crippen LogP contribution >= 0.6 is 0 Å². The van der Waals surface area contributed by atoms with Crippen LogP contribution in [0, 0.1) is 0 Å². The van der Waals surface area contributed by atoms with E-state index < -0.39 is 5.97 Å². The predicted octanol–water partition coefficient (Wildman–Crippen LogP) is 3.14. The molecule has 20 heavy (non-hydrogen) atoms. The molecule has 1 aliphatic rings. The minimum absolute atomic E-state index is 0.00968. The molecular formula is C16H17NO3. The summed E-state index contributed by atoms with van der Waals surface area (Å²) in [5.41, 5.74) is 1.27. The topological polar surface area (TPSA) is 53.7 Å². The molecular weight excluding hydrogens is 254 g/mol. The van der Waals surface area contributed by atoms with E-state index in [4.69, 9.17) is 9.52 Å². The number of aromatic carboxylic acids is 1. The quantitative estimate of drug-likeness (QED) is 0.877. The molecule has 0 atom stereocenters. The van der Waals surface area contributed by atoms with Gasteiger partial charge < -0.3 is 9.52 Å². The van der Waals surface area contributed by atoms with Gasteiger partial charge in [0.2, 0.25) is 5.76 Å². The Balaban J connectivity index is 1.69. The van der Waals surface area contributed by atoms with Crippen LogP contribution in [-0.2, 0) is 13.1 Å². The molecule has 0 spiro atoms. The molecule has 1 heterocycles. The maximum absolute atomic E-state index is 10.8. The lowest BCUT2D eigenvalue weighted by atomic mass is 10.2. The second kappa shape index (κ2) is 5.51. The summed E-state index contributed by atoms with van der Waals surface area (Å²) in [6, 6.07) is 14.2. The first-order valence-electron chi connectivity index (χ1n) is 6.82. The number of benzene rings is 1. The highest BCUT2D eigenvalue weighted by Gasteiger charge is 2.29. The van der Waals surface area contributed by atoms with Crippen LogP contribution in [0.15, 0.2) is 46.9 Å². The SMILES string of the molecule is O=C(O)c1ccc(CN(Cc2ccccc2)C2CC2)o1. The molecule has 1 N–H and O–H groups in total. The Hall–Kier alpha value is -2.07. The van der Waals surface area contributed by atoms with E-state index >= 15 is 0 Å². The summed E-state index contributed by atoms with van der Waals surface area (Å²) >= 11 is 0. The van der Waals surface area contributed by atoms with Crippen molar-refractivity contribution in [2.75, 3.05) is 0 Å². The lowest BCUT2D eigenvalue weighted by Crippen LogP contribution is -2.24. The number of furan rings is 1. The Bertz CT molecular complexity index is 587. The van der Waals surface area contributed by atoms with Gasteiger partial charge in [-0.3, -0.25) is 4.90 Å². The molecule has 0 radical (unpaired) electrons. The first-order valence-corrected chi connectivity index (χ1v) is 6.82. The molecule has 4 nitrogen and oxygen atoms in total. The van der Waals surface area contributed by atoms with Crippen molar-refractivity contribution < 1.29 is 14.3 Å². The molecule has 1 saturated carbocycles. The van der Waals surface area contributed by atoms with Gasteiger partial charge in [0, 0.05) is 12.6 Å². The minimum atomic E-state index is -1.02. The monoisotopic (exact) mass is 271 g/mol. The van der Waals surface area contributed by atoms with Gasteiger partial charge in [0.25, 0.3) is 0 Å². The van der Waals surface area contributed by atoms with Crippen LogP contribution in [0.4, 0.5) is 0 Å². The van der Waals surface area contributed by atoms with Gasteiger partial charge in [0.05, 0.1) is 6.54 Å². The zero-order valence-electron chi connectivity index (χ0n) is 11.2. The van der Waals surface area contributed by atoms with Crippen LogP contribution in [0.3, 0.4) is 0 Å². The van der Waals surface area contributed by atoms with Crippen molar-refractivity contribution in [1.29, 1.82) is 0 Å². The maximum atomic E-state index is 10.8. The number of hydrogen-bond acceptors (Lipinski definition) is 3. The van der Waals surface area contributed by atoms with Crippen molar-refractivity contribution in [3.8, 4) is 0 Å². The standard InChI is InChI=1S/C16H17NO3/c18-16(19)15-9-8-14(20-15)11-17(13-6-7-13)10-12-4-2-1-3-5-12/h1-5,8-9,13H,6-7,10-11H2,(H,18,19). The summed E-state index contributed by atoms with van der Waals surface area (Å²) in [7, 11) is 0. The average molecular weight is 271 g/mol. The predicted molar refractivity (Wildman–Crippen MR) is 74.4 cm³/mol. The highest BCUT2D eigenvalue weighted by atomic mass is 16.4. The summed E-state index contributed by atoms with van der Waals surface area (Å²) in [6.07, 6.45) is 2.42. The fourth-order valence-electron chi connectivity index (χ4n) is 2.35. The van der Waals surface area contributed by atoms with Crippen LogP contribution in [0.1, 0.15) is 34.7 Å². The van der Waals surface area contributed by atoms with Crippen LogP contribution < -0.4 is 0 Å². The fraction of sp³-hybridized carbons (Fsp3) is 0.312. The van der Waals surface area contributed by atoms with Crippen molar-refractivity contribution in [3.05, 3.63) is 59.5 Å². The van der Waals surface area contributed by atoms with Crippen molar-refractivity contribution in [2.24, 2.45) is 0 Å². The molecule has 1 aliphatic carbocycles. The molecule has 2 aromatic rings. The van der Waals surface area contributed by atoms with Gasteiger partial charge in [-0.25, -0.2) is 4.79 Å². The van der Waals surface area contributed by atoms with E-state index in [1.807, 2.05) is 18.2 Å². The van der Waals surface area contributed by atoms with Crippen LogP contribution in [0.5, 0.6) is 0 Å². The summed E-state index contributed by atoms with van der Waals surface area (Å²) in [4.78, 5) is 13.2. The van der Waals surface area contributed by atoms with Crippen molar-refractivity contribution in [3.63, 3.8) is 0 Å². The highest BCUT2D eigenvalue weighted by molar-refractivity contribution is 5.84. The highest BCUT2D eigenvalue weighted by Crippen LogP contribution is 2.30. The van der Waals surface area contributed by atoms with Crippen molar-refractivity contribution in [1.82, 2.24) is 4.90 Å². The lowest BCUT2D eigenvalue weighted by Gasteiger charge is -2.20. The summed E-state index contributed by atoms with van der Waals surface area (Å²) < 4.78 is 5.35. The molecule has 0 aliphatic heterocycles. The van der Waals surface area contributed by atoms with Gasteiger partial charge in [-0.1, -0.05) is 30.3 Å². The number of rotatable bonds is 6. The Morgan fingerprint density at radius 1 is 1.15 bits per heavy atom. The maximum Gasteiger partial charge on any atom is 0.371 e. The lowest BCUT2D eigenvalue weighted by molar-refractivity contribution is 0.0658. The van der Waals surface area contributed by atoms with E-state index in [1.54, 1.807) is 6.07 Å². The molecule has 3 rings (SSSR count). The van der Waals surface area contributed by atoms with Crippen molar-refractivity contribution >= 4 is 5.97 Å². The second-order valence-corrected chi connectivity index (χ2v) is 5.19. The Kier molecular flexibility index (Phi) is 3.56. The molecule has 4 heteroatoms. The fourth-order valence-corrected chi connectivity index (χ4v) is 2.35. The largest absolute Gasteiger partial charge is 0.475 e. The Morgan fingerprint density at radius 3 is 2.50 bits per heavy atom. The zero-order chi connectivity index (χ0) is 13.9. The van der Waals surface area contributed by atoms with Crippen molar-refractivity contribution in [2.45, 2.75) is 32.0 Å². The molecule has 1 fully saturated rings. The molecule has 1 aromatic carbocycles. The summed E-state index contributed by atoms with van der Waals surface area (Å²) in [5, 5.41) is 8.88. The van der Waals surface area contributed by atoms with E-state index in [-0.39, 0.29) is 5.76 Å². The third-order valence-electron chi connectivity index (χ3n) is 3.52. The number of hydrogen-bond donors (Lipinski definition) is 1. The number of carbonyl (C=O) groups is 1. The smallest absolute Gasteiger partial charge is 0.371 e. The second-order valence-electron chi connectivity index (χ2n) is 5.19. The molecule has 0 bridgehead atoms. The summed E-state index contributed by atoms with van der Waals surface area (Å²) in [6.45, 7) is 1.53. The zero-order valence-corrected chi connectivity index (χ0v) is 11.2. The molecule has 0 unspecified atom stereocenters. The van der Waals surface area contributed by atoms with Crippen LogP contribution in [0.2, 0.25) is 0 Å². The first-order chi connectivity index (χ1) is 9.72. The van der Waals surface area contributed by atoms with Gasteiger partial charge in [-0.15, -0.1) is 0 Å². The number of carboxylic acids is 1. The van der Waals surface area contributed by atoms with Gasteiger partial charge in [-0.05, 0) is 30.5 Å². The number of nitrogens with zero attached hydrogens (tertiary/aromatic N) is 1. The van der Waals surface area contributed by atoms with Gasteiger partial charge in [-0.2, -0.15) is 0 Å². The molecule has 1 aromatic heterocycles. The van der Waals surface area contributed by atoms with E-state index in [9.17, 15) is 4.79 Å². The summed E-state index contributed by atoms with van der Waals surface area (Å²) in [5.74, 6) is -0.294. The normalized spacial score (nSPS) is 14.7. The average Bonchev–Trinajstić information content (AvgIpc) is 3.19. The van der Waals surface area contributed by atoms with E-state index in [2.05, 4.69) is 17.0 Å². The molecule has 0 amide bonds. The van der Waals surface area contributed by atoms with Gasteiger partial charge in [0.1, 0.15) is 5.76 Å². The molecule has 104 valence electrons. The van der Waals surface area contributed by atoms with E-state index in [0.717, 1.165) is 6.54 Å². The number of carboxylic acid groups (broad SMARTS) is 1. The third-order valence-corrected chi connectivity index (χ3v) is 3.52. The third kappa shape index (κ3) is 3.08. The minimum Gasteiger partial charge on any atom is -0.475 e. The van der Waals surface area contributed by atoms with Gasteiger partial charge in [0.15, 0.2) is 0 Å². The Labute approximate surface area is 117 Å². The van der Waals surface area contributed by atoms with Crippen LogP contribution in [-0.4, -0.2) is 22.0 Å².